The Morgan fingerprint density at radius 2 is 1.64 bits per heavy atom. The molecule has 0 spiro atoms. The van der Waals surface area contributed by atoms with Gasteiger partial charge in [-0.1, -0.05) is 41.9 Å². The average Bonchev–Trinajstić information content (AvgIpc) is 2.74. The number of guanidine groups is 1. The molecular formula is C21H15ClF3N3O4S. The van der Waals surface area contributed by atoms with E-state index < -0.39 is 16.4 Å². The second kappa shape index (κ2) is 8.83. The van der Waals surface area contributed by atoms with Gasteiger partial charge in [0.15, 0.2) is 5.75 Å². The Labute approximate surface area is 191 Å². The summed E-state index contributed by atoms with van der Waals surface area (Å²) >= 11 is 6.14. The Morgan fingerprint density at radius 1 is 0.939 bits per heavy atom. The minimum atomic E-state index is -4.79. The van der Waals surface area contributed by atoms with Crippen LogP contribution in [0.4, 0.5) is 18.9 Å². The third kappa shape index (κ3) is 5.49. The monoisotopic (exact) mass is 497 g/mol. The van der Waals surface area contributed by atoms with Crippen LogP contribution in [0.25, 0.3) is 0 Å². The fraction of sp³-hybridized carbons (Fsp3) is 0.0952. The number of sulfonamides is 1. The molecule has 0 aromatic heterocycles. The molecule has 3 aromatic carbocycles. The second-order valence-electron chi connectivity index (χ2n) is 6.75. The van der Waals surface area contributed by atoms with Gasteiger partial charge < -0.3 is 14.8 Å². The number of hydrogen-bond donors (Lipinski definition) is 2. The van der Waals surface area contributed by atoms with Gasteiger partial charge in [-0.25, -0.2) is 18.1 Å². The summed E-state index contributed by atoms with van der Waals surface area (Å²) in [6.45, 7) is -0.0139. The van der Waals surface area contributed by atoms with Gasteiger partial charge in [0.25, 0.3) is 10.0 Å². The quantitative estimate of drug-likeness (QED) is 0.500. The lowest BCUT2D eigenvalue weighted by atomic mass is 10.2. The summed E-state index contributed by atoms with van der Waals surface area (Å²) in [4.78, 5) is 4.15. The Hall–Kier alpha value is -3.44. The molecule has 0 saturated carbocycles. The third-order valence-corrected chi connectivity index (χ3v) is 6.08. The van der Waals surface area contributed by atoms with Crippen LogP contribution in [0.3, 0.4) is 0 Å². The highest BCUT2D eigenvalue weighted by atomic mass is 35.5. The summed E-state index contributed by atoms with van der Waals surface area (Å²) in [5, 5.41) is 3.24. The van der Waals surface area contributed by atoms with Gasteiger partial charge in [-0.15, -0.1) is 13.2 Å². The number of nitrogens with zero attached hydrogens (tertiary/aromatic N) is 1. The first kappa shape index (κ1) is 22.7. The number of fused-ring (bicyclic) bond motifs is 1. The van der Waals surface area contributed by atoms with Crippen molar-refractivity contribution >= 4 is 33.3 Å². The highest BCUT2D eigenvalue weighted by Crippen LogP contribution is 2.38. The number of aliphatic imine (C=N–C) groups is 1. The molecule has 4 rings (SSSR count). The molecule has 1 aliphatic heterocycles. The fourth-order valence-corrected chi connectivity index (χ4v) is 4.29. The fourth-order valence-electron chi connectivity index (χ4n) is 2.95. The van der Waals surface area contributed by atoms with Crippen LogP contribution in [0.2, 0.25) is 5.02 Å². The zero-order valence-electron chi connectivity index (χ0n) is 16.6. The van der Waals surface area contributed by atoms with E-state index in [0.717, 1.165) is 12.1 Å². The van der Waals surface area contributed by atoms with E-state index in [9.17, 15) is 21.6 Å². The molecule has 0 saturated heterocycles. The van der Waals surface area contributed by atoms with E-state index in [1.807, 2.05) is 0 Å². The second-order valence-corrected chi connectivity index (χ2v) is 8.81. The number of halogens is 4. The minimum absolute atomic E-state index is 0.0139. The van der Waals surface area contributed by atoms with Crippen molar-refractivity contribution in [2.45, 2.75) is 17.8 Å². The molecule has 0 unspecified atom stereocenters. The lowest BCUT2D eigenvalue weighted by Crippen LogP contribution is -2.40. The number of benzene rings is 3. The molecular weight excluding hydrogens is 483 g/mol. The van der Waals surface area contributed by atoms with Gasteiger partial charge in [0.1, 0.15) is 22.1 Å². The molecule has 33 heavy (non-hydrogen) atoms. The smallest absolute Gasteiger partial charge is 0.454 e. The molecule has 172 valence electrons. The largest absolute Gasteiger partial charge is 0.573 e. The van der Waals surface area contributed by atoms with Crippen LogP contribution in [0.1, 0.15) is 5.56 Å². The Balaban J connectivity index is 1.57. The summed E-state index contributed by atoms with van der Waals surface area (Å²) in [5.74, 6) is 0.107. The number of rotatable bonds is 5. The number of anilines is 1. The van der Waals surface area contributed by atoms with Crippen molar-refractivity contribution in [3.63, 3.8) is 0 Å². The van der Waals surface area contributed by atoms with Crippen LogP contribution in [0.15, 0.2) is 76.6 Å². The summed E-state index contributed by atoms with van der Waals surface area (Å²) < 4.78 is 74.2. The van der Waals surface area contributed by atoms with Gasteiger partial charge in [-0.3, -0.25) is 0 Å². The molecule has 1 aliphatic rings. The molecule has 7 nitrogen and oxygen atoms in total. The highest BCUT2D eigenvalue weighted by Gasteiger charge is 2.31. The molecule has 1 heterocycles. The van der Waals surface area contributed by atoms with Crippen LogP contribution in [-0.4, -0.2) is 20.7 Å². The van der Waals surface area contributed by atoms with E-state index in [1.165, 1.54) is 24.3 Å². The van der Waals surface area contributed by atoms with Crippen molar-refractivity contribution in [2.75, 3.05) is 5.32 Å². The van der Waals surface area contributed by atoms with E-state index in [0.29, 0.717) is 16.3 Å². The first-order valence-corrected chi connectivity index (χ1v) is 11.2. The van der Waals surface area contributed by atoms with Gasteiger partial charge in [-0.05, 0) is 42.0 Å². The molecule has 0 bridgehead atoms. The van der Waals surface area contributed by atoms with Gasteiger partial charge in [0.2, 0.25) is 5.96 Å². The first-order chi connectivity index (χ1) is 15.6. The van der Waals surface area contributed by atoms with E-state index in [-0.39, 0.29) is 34.6 Å². The van der Waals surface area contributed by atoms with Crippen LogP contribution in [0.5, 0.6) is 17.2 Å². The SMILES string of the molecule is O=S1(=O)NC(=NCc2ccc(OC(F)(F)F)cc2)Nc2c(Oc3ccccc3Cl)cccc21. The maximum absolute atomic E-state index is 12.7. The van der Waals surface area contributed by atoms with E-state index in [4.69, 9.17) is 16.3 Å². The van der Waals surface area contributed by atoms with Gasteiger partial charge in [-0.2, -0.15) is 0 Å². The molecule has 12 heteroatoms. The van der Waals surface area contributed by atoms with Crippen LogP contribution >= 0.6 is 11.6 Å². The molecule has 0 fully saturated rings. The predicted octanol–water partition coefficient (Wildman–Crippen LogP) is 5.29. The van der Waals surface area contributed by atoms with Crippen LogP contribution in [-0.2, 0) is 16.6 Å². The normalized spacial score (nSPS) is 15.8. The Bertz CT molecular complexity index is 1310. The van der Waals surface area contributed by atoms with Crippen LogP contribution in [0, 0.1) is 0 Å². The third-order valence-electron chi connectivity index (χ3n) is 4.39. The predicted molar refractivity (Wildman–Crippen MR) is 116 cm³/mol. The summed E-state index contributed by atoms with van der Waals surface area (Å²) in [6.07, 6.45) is -4.79. The number of nitrogens with one attached hydrogen (secondary N) is 2. The molecule has 3 aromatic rings. The van der Waals surface area contributed by atoms with Gasteiger partial charge >= 0.3 is 6.36 Å². The lowest BCUT2D eigenvalue weighted by molar-refractivity contribution is -0.274. The lowest BCUT2D eigenvalue weighted by Gasteiger charge is -2.23. The van der Waals surface area contributed by atoms with Crippen molar-refractivity contribution in [3.8, 4) is 17.2 Å². The van der Waals surface area contributed by atoms with Gasteiger partial charge in [0, 0.05) is 0 Å². The number of para-hydroxylation sites is 2. The summed E-state index contributed by atoms with van der Waals surface area (Å²) in [7, 11) is -3.95. The van der Waals surface area contributed by atoms with Crippen molar-refractivity contribution in [1.29, 1.82) is 0 Å². The van der Waals surface area contributed by atoms with Crippen LogP contribution < -0.4 is 19.5 Å². The van der Waals surface area contributed by atoms with Crippen molar-refractivity contribution in [2.24, 2.45) is 4.99 Å². The van der Waals surface area contributed by atoms with Crippen molar-refractivity contribution in [3.05, 3.63) is 77.3 Å². The van der Waals surface area contributed by atoms with Gasteiger partial charge in [0.05, 0.1) is 11.6 Å². The first-order valence-electron chi connectivity index (χ1n) is 9.35. The van der Waals surface area contributed by atoms with Crippen molar-refractivity contribution < 1.29 is 31.1 Å². The molecule has 2 N–H and O–H groups in total. The maximum atomic E-state index is 12.7. The highest BCUT2D eigenvalue weighted by molar-refractivity contribution is 7.90. The Kier molecular flexibility index (Phi) is 6.09. The average molecular weight is 498 g/mol. The minimum Gasteiger partial charge on any atom is -0.454 e. The van der Waals surface area contributed by atoms with E-state index in [1.54, 1.807) is 30.3 Å². The zero-order chi connectivity index (χ0) is 23.6. The van der Waals surface area contributed by atoms with E-state index in [2.05, 4.69) is 19.8 Å². The topological polar surface area (TPSA) is 89.0 Å². The van der Waals surface area contributed by atoms with Crippen molar-refractivity contribution in [1.82, 2.24) is 4.72 Å². The summed E-state index contributed by atoms with van der Waals surface area (Å²) in [5.41, 5.74) is 0.702. The molecule has 0 aliphatic carbocycles. The summed E-state index contributed by atoms with van der Waals surface area (Å²) in [6, 6.07) is 16.3. The number of alkyl halides is 3. The molecule has 0 atom stereocenters. The zero-order valence-corrected chi connectivity index (χ0v) is 18.1. The maximum Gasteiger partial charge on any atom is 0.573 e. The number of ether oxygens (including phenoxy) is 2. The number of hydrogen-bond acceptors (Lipinski definition) is 5. The van der Waals surface area contributed by atoms with E-state index >= 15 is 0 Å². The standard InChI is InChI=1S/C21H15ClF3N3O4S/c22-15-4-1-2-5-16(15)31-17-6-3-7-18-19(17)27-20(28-33(18,29)30)26-12-13-8-10-14(11-9-13)32-21(23,24)25/h1-11H,12H2,(H2,26,27,28). The molecule has 0 amide bonds. The Morgan fingerprint density at radius 3 is 2.33 bits per heavy atom. The molecule has 0 radical (unpaired) electrons.